The molecule has 2 aromatic carbocycles. The van der Waals surface area contributed by atoms with Gasteiger partial charge in [-0.3, -0.25) is 15.1 Å². The molecule has 0 bridgehead atoms. The van der Waals surface area contributed by atoms with E-state index in [0.717, 1.165) is 45.0 Å². The van der Waals surface area contributed by atoms with Gasteiger partial charge in [-0.25, -0.2) is 14.2 Å². The third kappa shape index (κ3) is 7.45. The molecule has 2 aromatic rings. The van der Waals surface area contributed by atoms with Crippen LogP contribution in [0.5, 0.6) is 0 Å². The molecule has 11 heteroatoms. The standard InChI is InChI=1S/C32H37FN6O4/c1-20-27(30(40)41)29(28(31(42)43)21(2)36-20)24-10-11-25(33)26(18-24)37-32(35-19-34)38(3)14-7-15-39-16-12-23(13-17-39)22-8-5-4-6-9-22/h4-6,8-11,18,23,27,29H,7,12-17H2,1-3H3,(H,35,37)(H,40,41)(H,42,43). The largest absolute Gasteiger partial charge is 0.481 e. The van der Waals surface area contributed by atoms with Gasteiger partial charge in [-0.1, -0.05) is 36.4 Å². The summed E-state index contributed by atoms with van der Waals surface area (Å²) in [5.41, 5.74) is 1.80. The van der Waals surface area contributed by atoms with Gasteiger partial charge in [0, 0.05) is 30.9 Å². The molecule has 0 aliphatic carbocycles. The van der Waals surface area contributed by atoms with Crippen LogP contribution in [0, 0.1) is 23.2 Å². The molecule has 0 aromatic heterocycles. The van der Waals surface area contributed by atoms with Crippen molar-refractivity contribution in [2.24, 2.45) is 15.9 Å². The Morgan fingerprint density at radius 2 is 1.84 bits per heavy atom. The number of rotatable bonds is 9. The van der Waals surface area contributed by atoms with Crippen molar-refractivity contribution in [3.8, 4) is 6.19 Å². The zero-order valence-corrected chi connectivity index (χ0v) is 24.6. The van der Waals surface area contributed by atoms with E-state index in [9.17, 15) is 25.1 Å². The van der Waals surface area contributed by atoms with Crippen molar-refractivity contribution < 1.29 is 24.2 Å². The number of hydrogen-bond acceptors (Lipinski definition) is 6. The topological polar surface area (TPSA) is 142 Å². The Hall–Kier alpha value is -4.56. The fraction of sp³-hybridized carbons (Fsp3) is 0.406. The number of piperidine rings is 1. The highest BCUT2D eigenvalue weighted by molar-refractivity contribution is 6.06. The number of allylic oxidation sites excluding steroid dienone is 1. The van der Waals surface area contributed by atoms with E-state index in [2.05, 4.69) is 44.5 Å². The van der Waals surface area contributed by atoms with Crippen molar-refractivity contribution in [3.63, 3.8) is 0 Å². The minimum absolute atomic E-state index is 0.127. The van der Waals surface area contributed by atoms with Gasteiger partial charge in [-0.15, -0.1) is 0 Å². The van der Waals surface area contributed by atoms with Crippen molar-refractivity contribution in [2.45, 2.75) is 44.9 Å². The summed E-state index contributed by atoms with van der Waals surface area (Å²) >= 11 is 0. The molecule has 1 fully saturated rings. The number of nitrogens with zero attached hydrogens (tertiary/aromatic N) is 5. The lowest BCUT2D eigenvalue weighted by Crippen LogP contribution is -2.39. The molecular weight excluding hydrogens is 551 g/mol. The maximum atomic E-state index is 15.0. The summed E-state index contributed by atoms with van der Waals surface area (Å²) in [5.74, 6) is -4.86. The van der Waals surface area contributed by atoms with Crippen LogP contribution in [0.4, 0.5) is 10.1 Å². The van der Waals surface area contributed by atoms with Gasteiger partial charge in [0.2, 0.25) is 5.96 Å². The smallest absolute Gasteiger partial charge is 0.334 e. The molecule has 0 saturated carbocycles. The number of carboxylic acids is 2. The molecule has 10 nitrogen and oxygen atoms in total. The lowest BCUT2D eigenvalue weighted by molar-refractivity contribution is -0.140. The van der Waals surface area contributed by atoms with Crippen molar-refractivity contribution in [3.05, 3.63) is 76.7 Å². The van der Waals surface area contributed by atoms with Crippen molar-refractivity contribution in [1.82, 2.24) is 15.1 Å². The molecule has 1 saturated heterocycles. The lowest BCUT2D eigenvalue weighted by Gasteiger charge is -2.32. The molecular formula is C32H37FN6O4. The number of hydrogen-bond donors (Lipinski definition) is 3. The molecule has 2 unspecified atom stereocenters. The number of guanidine groups is 1. The number of likely N-dealkylation sites (tertiary alicyclic amines) is 1. The van der Waals surface area contributed by atoms with E-state index in [-0.39, 0.29) is 34.2 Å². The molecule has 2 atom stereocenters. The van der Waals surface area contributed by atoms with Crippen molar-refractivity contribution in [1.29, 1.82) is 5.26 Å². The van der Waals surface area contributed by atoms with E-state index < -0.39 is 29.6 Å². The molecule has 226 valence electrons. The average Bonchev–Trinajstić information content (AvgIpc) is 2.98. The maximum Gasteiger partial charge on any atom is 0.334 e. The maximum absolute atomic E-state index is 15.0. The van der Waals surface area contributed by atoms with Crippen LogP contribution in [0.15, 0.2) is 69.8 Å². The predicted molar refractivity (Wildman–Crippen MR) is 162 cm³/mol. The highest BCUT2D eigenvalue weighted by Gasteiger charge is 2.41. The molecule has 2 aliphatic rings. The summed E-state index contributed by atoms with van der Waals surface area (Å²) in [6.07, 6.45) is 4.85. The first-order valence-electron chi connectivity index (χ1n) is 14.3. The number of benzene rings is 2. The number of carboxylic acid groups (broad SMARTS) is 2. The van der Waals surface area contributed by atoms with Crippen LogP contribution in [0.2, 0.25) is 0 Å². The number of aliphatic imine (C=N–C) groups is 2. The van der Waals surface area contributed by atoms with Gasteiger partial charge < -0.3 is 20.0 Å². The Bertz CT molecular complexity index is 1470. The van der Waals surface area contributed by atoms with Crippen LogP contribution < -0.4 is 5.32 Å². The first-order chi connectivity index (χ1) is 20.6. The highest BCUT2D eigenvalue weighted by atomic mass is 19.1. The summed E-state index contributed by atoms with van der Waals surface area (Å²) in [4.78, 5) is 37.0. The summed E-state index contributed by atoms with van der Waals surface area (Å²) in [5, 5.41) is 31.7. The van der Waals surface area contributed by atoms with Crippen molar-refractivity contribution >= 4 is 29.3 Å². The summed E-state index contributed by atoms with van der Waals surface area (Å²) in [6.45, 7) is 6.49. The summed E-state index contributed by atoms with van der Waals surface area (Å²) in [6, 6.07) is 14.4. The molecule has 3 N–H and O–H groups in total. The molecule has 0 amide bonds. The Balaban J connectivity index is 1.47. The fourth-order valence-electron chi connectivity index (χ4n) is 6.03. The van der Waals surface area contributed by atoms with E-state index in [0.29, 0.717) is 12.5 Å². The van der Waals surface area contributed by atoms with Crippen molar-refractivity contribution in [2.75, 3.05) is 33.2 Å². The lowest BCUT2D eigenvalue weighted by atomic mass is 9.75. The normalized spacial score (nSPS) is 19.9. The first kappa shape index (κ1) is 31.4. The second kappa shape index (κ2) is 14.1. The molecule has 0 spiro atoms. The number of carbonyl (C=O) groups is 2. The van der Waals surface area contributed by atoms with Gasteiger partial charge in [0.05, 0.1) is 5.57 Å². The first-order valence-corrected chi connectivity index (χ1v) is 14.3. The minimum Gasteiger partial charge on any atom is -0.481 e. The molecule has 4 rings (SSSR count). The van der Waals surface area contributed by atoms with Crippen LogP contribution in [-0.2, 0) is 9.59 Å². The summed E-state index contributed by atoms with van der Waals surface area (Å²) in [7, 11) is 1.75. The quantitative estimate of drug-likeness (QED) is 0.166. The molecule has 43 heavy (non-hydrogen) atoms. The van der Waals surface area contributed by atoms with Gasteiger partial charge in [0.15, 0.2) is 6.19 Å². The minimum atomic E-state index is -1.30. The van der Waals surface area contributed by atoms with E-state index in [1.54, 1.807) is 11.9 Å². The third-order valence-electron chi connectivity index (χ3n) is 8.24. The number of aliphatic carboxylic acids is 2. The van der Waals surface area contributed by atoms with Crippen LogP contribution in [0.1, 0.15) is 56.1 Å². The Morgan fingerprint density at radius 1 is 1.14 bits per heavy atom. The predicted octanol–water partition coefficient (Wildman–Crippen LogP) is 4.70. The number of nitrogens with one attached hydrogen (secondary N) is 1. The van der Waals surface area contributed by atoms with Crippen LogP contribution in [0.25, 0.3) is 0 Å². The van der Waals surface area contributed by atoms with Crippen LogP contribution in [0.3, 0.4) is 0 Å². The second-order valence-electron chi connectivity index (χ2n) is 11.0. The third-order valence-corrected chi connectivity index (χ3v) is 8.24. The van der Waals surface area contributed by atoms with E-state index in [1.807, 2.05) is 12.3 Å². The van der Waals surface area contributed by atoms with Crippen LogP contribution >= 0.6 is 0 Å². The highest BCUT2D eigenvalue weighted by Crippen LogP contribution is 2.40. The molecule has 2 heterocycles. The summed E-state index contributed by atoms with van der Waals surface area (Å²) < 4.78 is 15.0. The molecule has 0 radical (unpaired) electrons. The Labute approximate surface area is 250 Å². The SMILES string of the molecule is CC1=NC(C)=C(C(=O)O)C(c2ccc(F)c(N=C(NC#N)N(C)CCCN3CCC(c4ccccc4)CC3)c2)C1C(=O)O. The van der Waals surface area contributed by atoms with Gasteiger partial charge >= 0.3 is 11.9 Å². The van der Waals surface area contributed by atoms with Gasteiger partial charge in [-0.05, 0) is 81.9 Å². The monoisotopic (exact) mass is 588 g/mol. The van der Waals surface area contributed by atoms with Gasteiger partial charge in [0.1, 0.15) is 17.4 Å². The van der Waals surface area contributed by atoms with Gasteiger partial charge in [-0.2, -0.15) is 5.26 Å². The molecule has 2 aliphatic heterocycles. The zero-order valence-electron chi connectivity index (χ0n) is 24.6. The fourth-order valence-corrected chi connectivity index (χ4v) is 6.03. The zero-order chi connectivity index (χ0) is 31.1. The van der Waals surface area contributed by atoms with E-state index >= 15 is 4.39 Å². The Morgan fingerprint density at radius 3 is 2.47 bits per heavy atom. The van der Waals surface area contributed by atoms with E-state index in [1.165, 1.54) is 31.5 Å². The average molecular weight is 589 g/mol. The van der Waals surface area contributed by atoms with Gasteiger partial charge in [0.25, 0.3) is 0 Å². The number of nitriles is 1. The number of halogens is 1. The van der Waals surface area contributed by atoms with E-state index in [4.69, 9.17) is 0 Å². The second-order valence-corrected chi connectivity index (χ2v) is 11.0. The van der Waals surface area contributed by atoms with Crippen LogP contribution in [-0.4, -0.2) is 76.8 Å². The Kier molecular flexibility index (Phi) is 10.3.